The van der Waals surface area contributed by atoms with Crippen LogP contribution in [0.1, 0.15) is 0 Å². The molecule has 2 nitrogen and oxygen atoms in total. The van der Waals surface area contributed by atoms with E-state index in [-0.39, 0.29) is 10.7 Å². The number of halogens is 2. The number of aromatic amines is 1. The minimum Gasteiger partial charge on any atom is -0.312 e. The van der Waals surface area contributed by atoms with E-state index in [1.165, 1.54) is 18.2 Å². The Morgan fingerprint density at radius 1 is 1.43 bits per heavy atom. The molecule has 14 heavy (non-hydrogen) atoms. The molecular weight excluding hydrogens is 225 g/mol. The minimum absolute atomic E-state index is 0.180. The van der Waals surface area contributed by atoms with E-state index in [9.17, 15) is 9.18 Å². The molecule has 0 unspecified atom stereocenters. The highest BCUT2D eigenvalue weighted by atomic mass is 35.5. The molecule has 0 radical (unpaired) electrons. The van der Waals surface area contributed by atoms with E-state index in [1.807, 2.05) is 0 Å². The number of nitrogens with one attached hydrogen (secondary N) is 1. The molecule has 0 atom stereocenters. The quantitative estimate of drug-likeness (QED) is 0.801. The van der Waals surface area contributed by atoms with Crippen molar-refractivity contribution in [2.75, 3.05) is 0 Å². The third kappa shape index (κ3) is 1.71. The Hall–Kier alpha value is -1.13. The Morgan fingerprint density at radius 3 is 2.86 bits per heavy atom. The molecule has 0 spiro atoms. The summed E-state index contributed by atoms with van der Waals surface area (Å²) in [6.07, 6.45) is 0. The Balaban J connectivity index is 2.61. The molecule has 0 aliphatic carbocycles. The van der Waals surface area contributed by atoms with Gasteiger partial charge in [-0.2, -0.15) is 0 Å². The first-order valence-corrected chi connectivity index (χ1v) is 5.06. The number of hydrogen-bond donors (Lipinski definition) is 1. The van der Waals surface area contributed by atoms with E-state index in [0.717, 1.165) is 11.3 Å². The topological polar surface area (TPSA) is 32.9 Å². The molecule has 0 bridgehead atoms. The second-order valence-electron chi connectivity index (χ2n) is 2.69. The number of hydrogen-bond acceptors (Lipinski definition) is 2. The molecule has 72 valence electrons. The van der Waals surface area contributed by atoms with Crippen LogP contribution in [0, 0.1) is 5.82 Å². The molecule has 2 rings (SSSR count). The lowest BCUT2D eigenvalue weighted by molar-refractivity contribution is 0.628. The maximum absolute atomic E-state index is 12.9. The van der Waals surface area contributed by atoms with E-state index < -0.39 is 0 Å². The fourth-order valence-electron chi connectivity index (χ4n) is 1.12. The van der Waals surface area contributed by atoms with E-state index in [2.05, 4.69) is 4.98 Å². The highest BCUT2D eigenvalue weighted by Gasteiger charge is 2.06. The van der Waals surface area contributed by atoms with Crippen molar-refractivity contribution in [3.8, 4) is 11.3 Å². The Bertz CT molecular complexity index is 520. The maximum Gasteiger partial charge on any atom is 0.304 e. The van der Waals surface area contributed by atoms with Crippen LogP contribution in [0.3, 0.4) is 0 Å². The summed E-state index contributed by atoms with van der Waals surface area (Å²) in [5.41, 5.74) is 1.05. The molecule has 1 aromatic carbocycles. The molecule has 0 fully saturated rings. The molecule has 0 saturated carbocycles. The zero-order valence-electron chi connectivity index (χ0n) is 6.88. The highest BCUT2D eigenvalue weighted by Crippen LogP contribution is 2.26. The lowest BCUT2D eigenvalue weighted by Gasteiger charge is -2.00. The lowest BCUT2D eigenvalue weighted by atomic mass is 10.2. The van der Waals surface area contributed by atoms with Gasteiger partial charge in [-0.25, -0.2) is 4.39 Å². The van der Waals surface area contributed by atoms with E-state index in [1.54, 1.807) is 5.38 Å². The first-order chi connectivity index (χ1) is 6.66. The molecule has 0 amide bonds. The summed E-state index contributed by atoms with van der Waals surface area (Å²) in [4.78, 5) is 13.3. The van der Waals surface area contributed by atoms with Crippen LogP contribution in [0.2, 0.25) is 5.02 Å². The third-order valence-corrected chi connectivity index (χ3v) is 2.74. The number of benzene rings is 1. The molecular formula is C9H5ClFNOS. The monoisotopic (exact) mass is 229 g/mol. The van der Waals surface area contributed by atoms with Gasteiger partial charge in [-0.05, 0) is 18.2 Å². The van der Waals surface area contributed by atoms with Crippen molar-refractivity contribution in [2.24, 2.45) is 0 Å². The molecule has 5 heteroatoms. The summed E-state index contributed by atoms with van der Waals surface area (Å²) < 4.78 is 12.9. The molecule has 2 aromatic rings. The number of rotatable bonds is 1. The van der Waals surface area contributed by atoms with Gasteiger partial charge in [-0.1, -0.05) is 22.9 Å². The van der Waals surface area contributed by atoms with Crippen molar-refractivity contribution in [3.63, 3.8) is 0 Å². The molecule has 1 N–H and O–H groups in total. The number of H-pyrrole nitrogens is 1. The van der Waals surface area contributed by atoms with E-state index >= 15 is 0 Å². The second kappa shape index (κ2) is 3.55. The van der Waals surface area contributed by atoms with Crippen LogP contribution < -0.4 is 4.87 Å². The van der Waals surface area contributed by atoms with Crippen LogP contribution in [0.4, 0.5) is 4.39 Å². The second-order valence-corrected chi connectivity index (χ2v) is 3.94. The Morgan fingerprint density at radius 2 is 2.21 bits per heavy atom. The third-order valence-electron chi connectivity index (χ3n) is 1.74. The summed E-state index contributed by atoms with van der Waals surface area (Å²) in [7, 11) is 0. The van der Waals surface area contributed by atoms with Crippen molar-refractivity contribution in [2.45, 2.75) is 0 Å². The van der Waals surface area contributed by atoms with Gasteiger partial charge in [0.2, 0.25) is 0 Å². The molecule has 0 aliphatic rings. The van der Waals surface area contributed by atoms with Crippen LogP contribution in [0.5, 0.6) is 0 Å². The largest absolute Gasteiger partial charge is 0.312 e. The summed E-state index contributed by atoms with van der Waals surface area (Å²) in [5, 5.41) is 2.03. The lowest BCUT2D eigenvalue weighted by Crippen LogP contribution is -1.92. The van der Waals surface area contributed by atoms with Crippen molar-refractivity contribution >= 4 is 22.9 Å². The summed E-state index contributed by atoms with van der Waals surface area (Å²) in [6, 6.07) is 4.03. The zero-order valence-corrected chi connectivity index (χ0v) is 8.45. The summed E-state index contributed by atoms with van der Waals surface area (Å²) >= 11 is 6.88. The highest BCUT2D eigenvalue weighted by molar-refractivity contribution is 7.07. The predicted octanol–water partition coefficient (Wildman–Crippen LogP) is 2.90. The van der Waals surface area contributed by atoms with Crippen LogP contribution in [0.25, 0.3) is 11.3 Å². The van der Waals surface area contributed by atoms with E-state index in [0.29, 0.717) is 16.3 Å². The standard InChI is InChI=1S/C9H5ClFNOS/c10-7-2-1-5(11)3-6(7)8-4-14-9(13)12-8/h1-4H,(H,12,13). The molecule has 1 aromatic heterocycles. The zero-order chi connectivity index (χ0) is 10.1. The van der Waals surface area contributed by atoms with Gasteiger partial charge in [0.15, 0.2) is 0 Å². The van der Waals surface area contributed by atoms with Crippen LogP contribution in [-0.2, 0) is 0 Å². The normalized spacial score (nSPS) is 10.4. The maximum atomic E-state index is 12.9. The van der Waals surface area contributed by atoms with Gasteiger partial charge in [0.05, 0.1) is 10.7 Å². The minimum atomic E-state index is -0.378. The van der Waals surface area contributed by atoms with Crippen LogP contribution >= 0.6 is 22.9 Å². The average molecular weight is 230 g/mol. The Labute approximate surface area is 88.0 Å². The molecule has 0 aliphatic heterocycles. The van der Waals surface area contributed by atoms with Crippen molar-refractivity contribution in [3.05, 3.63) is 44.1 Å². The van der Waals surface area contributed by atoms with Gasteiger partial charge in [0.25, 0.3) is 0 Å². The average Bonchev–Trinajstić information content (AvgIpc) is 2.56. The van der Waals surface area contributed by atoms with Crippen molar-refractivity contribution in [1.29, 1.82) is 0 Å². The summed E-state index contributed by atoms with van der Waals surface area (Å²) in [5.74, 6) is -0.378. The van der Waals surface area contributed by atoms with Gasteiger partial charge < -0.3 is 4.98 Å². The molecule has 1 heterocycles. The van der Waals surface area contributed by atoms with Gasteiger partial charge >= 0.3 is 4.87 Å². The van der Waals surface area contributed by atoms with Crippen LogP contribution in [-0.4, -0.2) is 4.98 Å². The Kier molecular flexibility index (Phi) is 2.39. The summed E-state index contributed by atoms with van der Waals surface area (Å²) in [6.45, 7) is 0. The number of aromatic nitrogens is 1. The fraction of sp³-hybridized carbons (Fsp3) is 0. The van der Waals surface area contributed by atoms with Gasteiger partial charge in [-0.3, -0.25) is 4.79 Å². The van der Waals surface area contributed by atoms with Gasteiger partial charge in [0, 0.05) is 10.9 Å². The molecule has 0 saturated heterocycles. The first kappa shape index (κ1) is 9.43. The van der Waals surface area contributed by atoms with Gasteiger partial charge in [-0.15, -0.1) is 0 Å². The van der Waals surface area contributed by atoms with E-state index in [4.69, 9.17) is 11.6 Å². The smallest absolute Gasteiger partial charge is 0.304 e. The first-order valence-electron chi connectivity index (χ1n) is 3.80. The van der Waals surface area contributed by atoms with Gasteiger partial charge in [0.1, 0.15) is 5.82 Å². The van der Waals surface area contributed by atoms with Crippen molar-refractivity contribution < 1.29 is 4.39 Å². The fourth-order valence-corrected chi connectivity index (χ4v) is 1.92. The number of thiazole rings is 1. The predicted molar refractivity (Wildman–Crippen MR) is 55.3 cm³/mol. The van der Waals surface area contributed by atoms with Crippen molar-refractivity contribution in [1.82, 2.24) is 4.98 Å². The van der Waals surface area contributed by atoms with Crippen LogP contribution in [0.15, 0.2) is 28.4 Å². The SMILES string of the molecule is O=c1[nH]c(-c2cc(F)ccc2Cl)cs1.